The first kappa shape index (κ1) is 18.0. The van der Waals surface area contributed by atoms with E-state index in [-0.39, 0.29) is 18.2 Å². The molecular formula is C17H25NO4. The minimum atomic E-state index is -0.980. The highest BCUT2D eigenvalue weighted by molar-refractivity contribution is 5.84. The summed E-state index contributed by atoms with van der Waals surface area (Å²) in [4.78, 5) is 23.3. The van der Waals surface area contributed by atoms with E-state index in [4.69, 9.17) is 9.84 Å². The molecule has 122 valence electrons. The number of para-hydroxylation sites is 1. The number of carboxylic acids is 1. The predicted molar refractivity (Wildman–Crippen MR) is 85.1 cm³/mol. The van der Waals surface area contributed by atoms with Gasteiger partial charge in [0.1, 0.15) is 11.8 Å². The summed E-state index contributed by atoms with van der Waals surface area (Å²) in [6, 6.07) is 6.74. The van der Waals surface area contributed by atoms with Crippen LogP contribution in [0.2, 0.25) is 0 Å². The minimum Gasteiger partial charge on any atom is -0.496 e. The third-order valence-corrected chi connectivity index (χ3v) is 3.64. The van der Waals surface area contributed by atoms with Gasteiger partial charge >= 0.3 is 5.97 Å². The maximum atomic E-state index is 12.1. The van der Waals surface area contributed by atoms with Crippen LogP contribution in [0.4, 0.5) is 0 Å². The summed E-state index contributed by atoms with van der Waals surface area (Å²) in [5.41, 5.74) is 0.945. The monoisotopic (exact) mass is 307 g/mol. The molecular weight excluding hydrogens is 282 g/mol. The van der Waals surface area contributed by atoms with Gasteiger partial charge < -0.3 is 15.2 Å². The van der Waals surface area contributed by atoms with Crippen LogP contribution in [0.25, 0.3) is 0 Å². The zero-order chi connectivity index (χ0) is 16.5. The van der Waals surface area contributed by atoms with Crippen molar-refractivity contribution in [2.75, 3.05) is 7.11 Å². The van der Waals surface area contributed by atoms with Crippen LogP contribution in [-0.4, -0.2) is 30.1 Å². The molecule has 1 aromatic rings. The lowest BCUT2D eigenvalue weighted by molar-refractivity contribution is -0.142. The number of ether oxygens (including phenoxy) is 1. The van der Waals surface area contributed by atoms with E-state index < -0.39 is 12.0 Å². The number of carbonyl (C=O) groups excluding carboxylic acids is 1. The lowest BCUT2D eigenvalue weighted by atomic mass is 9.96. The zero-order valence-corrected chi connectivity index (χ0v) is 13.5. The van der Waals surface area contributed by atoms with E-state index in [1.807, 2.05) is 38.1 Å². The summed E-state index contributed by atoms with van der Waals surface area (Å²) in [7, 11) is 1.59. The van der Waals surface area contributed by atoms with Crippen molar-refractivity contribution in [2.24, 2.45) is 0 Å². The van der Waals surface area contributed by atoms with Crippen LogP contribution >= 0.6 is 0 Å². The Balaban J connectivity index is 2.64. The van der Waals surface area contributed by atoms with Gasteiger partial charge in [0.2, 0.25) is 5.91 Å². The molecule has 0 bridgehead atoms. The molecule has 22 heavy (non-hydrogen) atoms. The minimum absolute atomic E-state index is 0.0447. The second-order valence-corrected chi connectivity index (χ2v) is 5.45. The number of carboxylic acid groups (broad SMARTS) is 1. The number of hydrogen-bond acceptors (Lipinski definition) is 3. The van der Waals surface area contributed by atoms with Gasteiger partial charge in [0.25, 0.3) is 0 Å². The predicted octanol–water partition coefficient (Wildman–Crippen LogP) is 2.95. The van der Waals surface area contributed by atoms with Crippen molar-refractivity contribution in [1.82, 2.24) is 5.32 Å². The molecule has 1 rings (SSSR count). The molecule has 2 unspecified atom stereocenters. The molecule has 0 saturated heterocycles. The molecule has 1 amide bonds. The number of unbranched alkanes of at least 4 members (excludes halogenated alkanes) is 1. The number of aliphatic carboxylic acids is 1. The first-order valence-electron chi connectivity index (χ1n) is 7.64. The number of methoxy groups -OCH3 is 1. The van der Waals surface area contributed by atoms with Gasteiger partial charge in [-0.3, -0.25) is 4.79 Å². The first-order chi connectivity index (χ1) is 10.5. The molecule has 5 heteroatoms. The SMILES string of the molecule is CCCCC(NC(=O)CC(C)c1ccccc1OC)C(=O)O. The van der Waals surface area contributed by atoms with Gasteiger partial charge in [-0.15, -0.1) is 0 Å². The van der Waals surface area contributed by atoms with Crippen molar-refractivity contribution in [1.29, 1.82) is 0 Å². The molecule has 2 N–H and O–H groups in total. The largest absolute Gasteiger partial charge is 0.496 e. The van der Waals surface area contributed by atoms with E-state index in [2.05, 4.69) is 5.32 Å². The Bertz CT molecular complexity index is 501. The van der Waals surface area contributed by atoms with Crippen molar-refractivity contribution in [3.8, 4) is 5.75 Å². The molecule has 0 fully saturated rings. The Labute approximate surface area is 131 Å². The van der Waals surface area contributed by atoms with Gasteiger partial charge in [0.05, 0.1) is 7.11 Å². The standard InChI is InChI=1S/C17H25NO4/c1-4-5-9-14(17(20)21)18-16(19)11-12(2)13-8-6-7-10-15(13)22-3/h6-8,10,12,14H,4-5,9,11H2,1-3H3,(H,18,19)(H,20,21). The fraction of sp³-hybridized carbons (Fsp3) is 0.529. The molecule has 0 saturated carbocycles. The summed E-state index contributed by atoms with van der Waals surface area (Å²) >= 11 is 0. The Hall–Kier alpha value is -2.04. The fourth-order valence-corrected chi connectivity index (χ4v) is 2.38. The van der Waals surface area contributed by atoms with Crippen LogP contribution in [0.3, 0.4) is 0 Å². The van der Waals surface area contributed by atoms with Crippen LogP contribution in [0.5, 0.6) is 5.75 Å². The average Bonchev–Trinajstić information content (AvgIpc) is 2.50. The first-order valence-corrected chi connectivity index (χ1v) is 7.64. The van der Waals surface area contributed by atoms with Crippen LogP contribution in [-0.2, 0) is 9.59 Å². The average molecular weight is 307 g/mol. The van der Waals surface area contributed by atoms with Gasteiger partial charge in [-0.2, -0.15) is 0 Å². The Morgan fingerprint density at radius 3 is 2.59 bits per heavy atom. The maximum absolute atomic E-state index is 12.1. The van der Waals surface area contributed by atoms with E-state index in [9.17, 15) is 9.59 Å². The Morgan fingerprint density at radius 2 is 2.00 bits per heavy atom. The van der Waals surface area contributed by atoms with Gasteiger partial charge in [-0.1, -0.05) is 44.9 Å². The van der Waals surface area contributed by atoms with Crippen LogP contribution in [0.1, 0.15) is 51.0 Å². The topological polar surface area (TPSA) is 75.6 Å². The number of amides is 1. The third kappa shape index (κ3) is 5.39. The van der Waals surface area contributed by atoms with Crippen molar-refractivity contribution in [3.05, 3.63) is 29.8 Å². The summed E-state index contributed by atoms with van der Waals surface area (Å²) in [5, 5.41) is 11.8. The van der Waals surface area contributed by atoms with Crippen LogP contribution in [0, 0.1) is 0 Å². The van der Waals surface area contributed by atoms with E-state index in [0.717, 1.165) is 24.2 Å². The quantitative estimate of drug-likeness (QED) is 0.735. The van der Waals surface area contributed by atoms with Crippen molar-refractivity contribution >= 4 is 11.9 Å². The number of hydrogen-bond donors (Lipinski definition) is 2. The second kappa shape index (κ2) is 9.07. The highest BCUT2D eigenvalue weighted by atomic mass is 16.5. The number of rotatable bonds is 9. The lowest BCUT2D eigenvalue weighted by Crippen LogP contribution is -2.41. The molecule has 0 aromatic heterocycles. The van der Waals surface area contributed by atoms with E-state index in [0.29, 0.717) is 6.42 Å². The number of carbonyl (C=O) groups is 2. The van der Waals surface area contributed by atoms with Gasteiger partial charge in [-0.05, 0) is 24.0 Å². The molecule has 0 aliphatic heterocycles. The maximum Gasteiger partial charge on any atom is 0.326 e. The lowest BCUT2D eigenvalue weighted by Gasteiger charge is -2.18. The van der Waals surface area contributed by atoms with Crippen molar-refractivity contribution in [3.63, 3.8) is 0 Å². The molecule has 0 aliphatic rings. The molecule has 0 heterocycles. The Morgan fingerprint density at radius 1 is 1.32 bits per heavy atom. The molecule has 1 aromatic carbocycles. The molecule has 0 aliphatic carbocycles. The smallest absolute Gasteiger partial charge is 0.326 e. The van der Waals surface area contributed by atoms with Crippen LogP contribution < -0.4 is 10.1 Å². The van der Waals surface area contributed by atoms with Crippen molar-refractivity contribution in [2.45, 2.75) is 51.5 Å². The second-order valence-electron chi connectivity index (χ2n) is 5.45. The molecule has 2 atom stereocenters. The van der Waals surface area contributed by atoms with Crippen LogP contribution in [0.15, 0.2) is 24.3 Å². The number of nitrogens with one attached hydrogen (secondary N) is 1. The molecule has 0 spiro atoms. The summed E-state index contributed by atoms with van der Waals surface area (Å²) in [6.07, 6.45) is 2.37. The third-order valence-electron chi connectivity index (χ3n) is 3.64. The van der Waals surface area contributed by atoms with Gasteiger partial charge in [0.15, 0.2) is 0 Å². The summed E-state index contributed by atoms with van der Waals surface area (Å²) in [5.74, 6) is -0.533. The van der Waals surface area contributed by atoms with Gasteiger partial charge in [0, 0.05) is 6.42 Å². The normalized spacial score (nSPS) is 13.2. The van der Waals surface area contributed by atoms with E-state index in [1.54, 1.807) is 7.11 Å². The van der Waals surface area contributed by atoms with E-state index >= 15 is 0 Å². The fourth-order valence-electron chi connectivity index (χ4n) is 2.38. The van der Waals surface area contributed by atoms with Gasteiger partial charge in [-0.25, -0.2) is 4.79 Å². The Kier molecular flexibility index (Phi) is 7.43. The highest BCUT2D eigenvalue weighted by Gasteiger charge is 2.21. The zero-order valence-electron chi connectivity index (χ0n) is 13.5. The van der Waals surface area contributed by atoms with Crippen molar-refractivity contribution < 1.29 is 19.4 Å². The summed E-state index contributed by atoms with van der Waals surface area (Å²) < 4.78 is 5.29. The van der Waals surface area contributed by atoms with E-state index in [1.165, 1.54) is 0 Å². The number of benzene rings is 1. The highest BCUT2D eigenvalue weighted by Crippen LogP contribution is 2.28. The molecule has 5 nitrogen and oxygen atoms in total. The molecule has 0 radical (unpaired) electrons. The summed E-state index contributed by atoms with van der Waals surface area (Å²) in [6.45, 7) is 3.92.